The van der Waals surface area contributed by atoms with E-state index in [0.717, 1.165) is 180 Å². The summed E-state index contributed by atoms with van der Waals surface area (Å²) in [6.07, 6.45) is 75.1. The van der Waals surface area contributed by atoms with Gasteiger partial charge in [0.1, 0.15) is 19.3 Å². The molecule has 0 aliphatic heterocycles. The maximum absolute atomic E-state index is 13.1. The molecule has 3 N–H and O–H groups in total. The maximum Gasteiger partial charge on any atom is 0.472 e. The van der Waals surface area contributed by atoms with Crippen LogP contribution >= 0.6 is 15.6 Å². The van der Waals surface area contributed by atoms with Crippen LogP contribution in [-0.4, -0.2) is 96.7 Å². The average Bonchev–Trinajstić information content (AvgIpc) is 1.03. The van der Waals surface area contributed by atoms with Crippen LogP contribution in [0.3, 0.4) is 0 Å². The standard InChI is InChI=1S/C79H136O17P2/c1-5-9-13-17-21-25-29-31-33-35-36-38-40-42-46-48-52-56-60-64-77(82)90-70-75(96-79(84)66-62-58-54-50-44-28-24-20-16-12-8-4)72-94-98(87,88)92-68-73(80)67-91-97(85,86)93-71-74(95-78(83)65-61-57-53-49-43-27-23-19-15-11-7-3)69-89-76(81)63-59-55-51-47-45-41-39-37-34-32-30-26-22-18-14-10-6-2/h9-10,13-14,19,21-23,25-26,31-34,36,38-39,41,73-75,80H,5-8,11-12,15-18,20,24,27-30,35,37,40,42-72H2,1-4H3,(H,85,86)(H,87,88)/b13-9-,14-10-,23-19-,25-21-,26-22-,33-31-,34-32-,38-36-,41-39-. The molecule has 0 heterocycles. The van der Waals surface area contributed by atoms with Crippen LogP contribution in [0, 0.1) is 0 Å². The number of rotatable bonds is 71. The number of aliphatic hydroxyl groups excluding tert-OH is 1. The van der Waals surface area contributed by atoms with Crippen molar-refractivity contribution in [2.24, 2.45) is 0 Å². The Morgan fingerprint density at radius 1 is 0.296 bits per heavy atom. The zero-order chi connectivity index (χ0) is 71.8. The van der Waals surface area contributed by atoms with E-state index in [-0.39, 0.29) is 25.7 Å². The molecule has 0 aliphatic rings. The lowest BCUT2D eigenvalue weighted by Gasteiger charge is -2.21. The average molecular weight is 1420 g/mol. The van der Waals surface area contributed by atoms with Crippen molar-refractivity contribution in [3.8, 4) is 0 Å². The Morgan fingerprint density at radius 2 is 0.541 bits per heavy atom. The van der Waals surface area contributed by atoms with Gasteiger partial charge in [0.05, 0.1) is 26.4 Å². The number of allylic oxidation sites excluding steroid dienone is 18. The molecule has 5 unspecified atom stereocenters. The number of unbranched alkanes of at least 4 members (excludes halogenated alkanes) is 27. The summed E-state index contributed by atoms with van der Waals surface area (Å²) in [5, 5.41) is 10.6. The third kappa shape index (κ3) is 70.2. The van der Waals surface area contributed by atoms with Crippen molar-refractivity contribution in [3.05, 3.63) is 109 Å². The molecule has 0 saturated heterocycles. The van der Waals surface area contributed by atoms with E-state index in [2.05, 4.69) is 137 Å². The maximum atomic E-state index is 13.1. The van der Waals surface area contributed by atoms with Crippen LogP contribution in [0.2, 0.25) is 0 Å². The highest BCUT2D eigenvalue weighted by Gasteiger charge is 2.30. The fourth-order valence-electron chi connectivity index (χ4n) is 9.95. The van der Waals surface area contributed by atoms with Gasteiger partial charge in [-0.15, -0.1) is 0 Å². The van der Waals surface area contributed by atoms with Crippen LogP contribution in [0.5, 0.6) is 0 Å². The number of esters is 4. The second-order valence-electron chi connectivity index (χ2n) is 25.2. The summed E-state index contributed by atoms with van der Waals surface area (Å²) in [5.41, 5.74) is 0. The first-order chi connectivity index (χ1) is 47.7. The van der Waals surface area contributed by atoms with E-state index in [4.69, 9.17) is 37.0 Å². The summed E-state index contributed by atoms with van der Waals surface area (Å²) in [6.45, 7) is 4.56. The van der Waals surface area contributed by atoms with Gasteiger partial charge in [0, 0.05) is 25.7 Å². The smallest absolute Gasteiger partial charge is 0.462 e. The van der Waals surface area contributed by atoms with E-state index >= 15 is 0 Å². The van der Waals surface area contributed by atoms with Crippen molar-refractivity contribution in [2.75, 3.05) is 39.6 Å². The van der Waals surface area contributed by atoms with Crippen LogP contribution < -0.4 is 0 Å². The third-order valence-electron chi connectivity index (χ3n) is 15.7. The number of hydrogen-bond donors (Lipinski definition) is 3. The molecular formula is C79H136O17P2. The van der Waals surface area contributed by atoms with Gasteiger partial charge in [-0.05, 0) is 122 Å². The molecule has 19 heteroatoms. The quantitative estimate of drug-likeness (QED) is 0.0169. The highest BCUT2D eigenvalue weighted by atomic mass is 31.2. The molecule has 564 valence electrons. The summed E-state index contributed by atoms with van der Waals surface area (Å²) in [6, 6.07) is 0. The minimum Gasteiger partial charge on any atom is -0.462 e. The molecule has 0 aliphatic carbocycles. The summed E-state index contributed by atoms with van der Waals surface area (Å²) in [5.74, 6) is -2.22. The van der Waals surface area contributed by atoms with Gasteiger partial charge < -0.3 is 33.8 Å². The summed E-state index contributed by atoms with van der Waals surface area (Å²) in [4.78, 5) is 72.8. The minimum atomic E-state index is -4.98. The molecule has 0 aromatic carbocycles. The largest absolute Gasteiger partial charge is 0.472 e. The molecule has 0 aromatic rings. The Labute approximate surface area is 594 Å². The molecule has 0 fully saturated rings. The van der Waals surface area contributed by atoms with Gasteiger partial charge in [0.15, 0.2) is 12.2 Å². The Balaban J connectivity index is 5.30. The van der Waals surface area contributed by atoms with Crippen molar-refractivity contribution < 1.29 is 80.2 Å². The fourth-order valence-corrected chi connectivity index (χ4v) is 11.5. The van der Waals surface area contributed by atoms with E-state index < -0.39 is 97.5 Å². The van der Waals surface area contributed by atoms with Gasteiger partial charge in [-0.1, -0.05) is 272 Å². The highest BCUT2D eigenvalue weighted by molar-refractivity contribution is 7.47. The van der Waals surface area contributed by atoms with E-state index in [1.807, 2.05) is 0 Å². The van der Waals surface area contributed by atoms with E-state index in [1.54, 1.807) is 0 Å². The molecule has 0 saturated carbocycles. The van der Waals surface area contributed by atoms with Crippen molar-refractivity contribution in [2.45, 2.75) is 329 Å². The lowest BCUT2D eigenvalue weighted by Crippen LogP contribution is -2.30. The second-order valence-corrected chi connectivity index (χ2v) is 28.1. The van der Waals surface area contributed by atoms with Crippen molar-refractivity contribution >= 4 is 39.5 Å². The van der Waals surface area contributed by atoms with Crippen molar-refractivity contribution in [3.63, 3.8) is 0 Å². The summed E-state index contributed by atoms with van der Waals surface area (Å²) >= 11 is 0. The van der Waals surface area contributed by atoms with Gasteiger partial charge in [0.2, 0.25) is 0 Å². The van der Waals surface area contributed by atoms with Crippen molar-refractivity contribution in [1.29, 1.82) is 0 Å². The van der Waals surface area contributed by atoms with Crippen LogP contribution in [0.15, 0.2) is 109 Å². The monoisotopic (exact) mass is 1420 g/mol. The number of phosphoric acid groups is 2. The lowest BCUT2D eigenvalue weighted by atomic mass is 10.1. The first kappa shape index (κ1) is 93.7. The highest BCUT2D eigenvalue weighted by Crippen LogP contribution is 2.45. The number of ether oxygens (including phenoxy) is 4. The molecule has 0 aromatic heterocycles. The van der Waals surface area contributed by atoms with Crippen LogP contribution in [0.4, 0.5) is 0 Å². The minimum absolute atomic E-state index is 0.0782. The molecular weight excluding hydrogens is 1280 g/mol. The van der Waals surface area contributed by atoms with Crippen LogP contribution in [0.1, 0.15) is 310 Å². The molecule has 0 spiro atoms. The molecule has 0 radical (unpaired) electrons. The summed E-state index contributed by atoms with van der Waals surface area (Å²) < 4.78 is 68.4. The van der Waals surface area contributed by atoms with Crippen LogP contribution in [-0.2, 0) is 65.4 Å². The molecule has 0 bridgehead atoms. The topological polar surface area (TPSA) is 237 Å². The first-order valence-electron chi connectivity index (χ1n) is 38.1. The number of carbonyl (C=O) groups is 4. The Bertz CT molecular complexity index is 2290. The number of aliphatic hydroxyl groups is 1. The predicted molar refractivity (Wildman–Crippen MR) is 399 cm³/mol. The lowest BCUT2D eigenvalue weighted by molar-refractivity contribution is -0.161. The molecule has 5 atom stereocenters. The fraction of sp³-hybridized carbons (Fsp3) is 0.722. The summed E-state index contributed by atoms with van der Waals surface area (Å²) in [7, 11) is -9.95. The zero-order valence-electron chi connectivity index (χ0n) is 61.4. The van der Waals surface area contributed by atoms with Gasteiger partial charge in [0.25, 0.3) is 0 Å². The van der Waals surface area contributed by atoms with E-state index in [0.29, 0.717) is 25.7 Å². The second kappa shape index (κ2) is 71.1. The van der Waals surface area contributed by atoms with Gasteiger partial charge in [-0.2, -0.15) is 0 Å². The van der Waals surface area contributed by atoms with Crippen LogP contribution in [0.25, 0.3) is 0 Å². The van der Waals surface area contributed by atoms with E-state index in [1.165, 1.54) is 51.4 Å². The molecule has 0 amide bonds. The number of hydrogen-bond acceptors (Lipinski definition) is 15. The van der Waals surface area contributed by atoms with Crippen molar-refractivity contribution in [1.82, 2.24) is 0 Å². The molecule has 0 rings (SSSR count). The first-order valence-corrected chi connectivity index (χ1v) is 41.1. The van der Waals surface area contributed by atoms with Gasteiger partial charge in [-0.3, -0.25) is 37.3 Å². The normalized spacial score (nSPS) is 14.6. The number of carbonyl (C=O) groups excluding carboxylic acids is 4. The molecule has 17 nitrogen and oxygen atoms in total. The third-order valence-corrected chi connectivity index (χ3v) is 17.6. The Kier molecular flexibility index (Phi) is 68.0. The van der Waals surface area contributed by atoms with E-state index in [9.17, 15) is 43.2 Å². The predicted octanol–water partition coefficient (Wildman–Crippen LogP) is 21.8. The zero-order valence-corrected chi connectivity index (χ0v) is 63.2. The SMILES string of the molecule is CC/C=C\C/C=C\C/C=C\C/C=C\CCCCCCCCC(=O)OCC(COP(=O)(O)OCC(O)COP(=O)(O)OCC(COC(=O)CCCCCC/C=C\C/C=C\C/C=C\C/C=C\CC)OC(=O)CCCCCCC/C=C\CCCC)OC(=O)CCCCCCCCCCCCC. The van der Waals surface area contributed by atoms with Gasteiger partial charge >= 0.3 is 39.5 Å². The molecule has 98 heavy (non-hydrogen) atoms. The van der Waals surface area contributed by atoms with Gasteiger partial charge in [-0.25, -0.2) is 9.13 Å². The number of phosphoric ester groups is 2. The Hall–Kier alpha value is -4.28. The Morgan fingerprint density at radius 3 is 0.857 bits per heavy atom.